The van der Waals surface area contributed by atoms with Crippen molar-refractivity contribution in [3.05, 3.63) is 105 Å². The van der Waals surface area contributed by atoms with E-state index in [0.29, 0.717) is 22.6 Å². The van der Waals surface area contributed by atoms with Gasteiger partial charge in [0.1, 0.15) is 5.75 Å². The number of aliphatic hydroxyl groups excluding tert-OH is 1. The van der Waals surface area contributed by atoms with Crippen LogP contribution in [-0.2, 0) is 20.0 Å². The number of anilines is 3. The second-order valence-corrected chi connectivity index (χ2v) is 16.4. The third-order valence-electron chi connectivity index (χ3n) is 8.88. The number of carbonyl (C=O) groups is 2. The van der Waals surface area contributed by atoms with E-state index in [9.17, 15) is 23.5 Å². The highest BCUT2D eigenvalue weighted by atomic mass is 32.3. The average Bonchev–Trinajstić information content (AvgIpc) is 3.01. The standard InChI is InChI=1S/C39H45N3O6S/c1-22-19-23(2)37(49(46,47)41-17-18-43)24(3)34(22)42-29-20-30(48-26-15-13-25(14-16-26)39(7,8)21-38(4,5)6)33(40)32-31(29)35(44)27-11-9-10-12-28(27)36(32)45/h9-16,19-20,43H,17-18,21H2,1-8H3,(H4-,40,41,42,44,45,46,47)/p+1. The van der Waals surface area contributed by atoms with Crippen molar-refractivity contribution >= 4 is 39.0 Å². The molecule has 1 atom stereocenters. The maximum absolute atomic E-state index is 14.1. The molecule has 0 fully saturated rings. The SMILES string of the molecule is Cc1cc(C)c([S+](=O)(O)NCCO)c(C)c1Nc1cc(Oc2ccc(C(C)(C)CC(C)(C)C)cc2)c(N)c2c1C(=O)c1ccccc1C2=O. The molecule has 1 unspecified atom stereocenters. The summed E-state index contributed by atoms with van der Waals surface area (Å²) in [6, 6.07) is 17.8. The van der Waals surface area contributed by atoms with Gasteiger partial charge in [0.25, 0.3) is 0 Å². The van der Waals surface area contributed by atoms with Gasteiger partial charge in [-0.05, 0) is 71.6 Å². The monoisotopic (exact) mass is 684 g/mol. The van der Waals surface area contributed by atoms with Gasteiger partial charge in [-0.15, -0.1) is 4.72 Å². The number of fused-ring (bicyclic) bond motifs is 2. The molecule has 1 aliphatic rings. The Hall–Kier alpha value is -4.35. The van der Waals surface area contributed by atoms with Crippen molar-refractivity contribution in [3.8, 4) is 11.5 Å². The molecule has 0 spiro atoms. The fourth-order valence-electron chi connectivity index (χ4n) is 7.18. The first-order valence-electron chi connectivity index (χ1n) is 16.3. The fraction of sp³-hybridized carbons (Fsp3) is 0.333. The summed E-state index contributed by atoms with van der Waals surface area (Å²) in [4.78, 5) is 28.2. The van der Waals surface area contributed by atoms with E-state index in [0.717, 1.165) is 17.5 Å². The highest BCUT2D eigenvalue weighted by Crippen LogP contribution is 2.45. The molecular weight excluding hydrogens is 639 g/mol. The van der Waals surface area contributed by atoms with Gasteiger partial charge in [0.2, 0.25) is 4.90 Å². The van der Waals surface area contributed by atoms with Gasteiger partial charge in [-0.25, -0.2) is 0 Å². The number of hydrogen-bond acceptors (Lipinski definition) is 7. The van der Waals surface area contributed by atoms with Crippen molar-refractivity contribution in [2.45, 2.75) is 72.1 Å². The van der Waals surface area contributed by atoms with Crippen LogP contribution in [0.2, 0.25) is 0 Å². The summed E-state index contributed by atoms with van der Waals surface area (Å²) in [5, 5.41) is 12.6. The van der Waals surface area contributed by atoms with Crippen molar-refractivity contribution in [1.29, 1.82) is 0 Å². The third-order valence-corrected chi connectivity index (χ3v) is 10.7. The van der Waals surface area contributed by atoms with Crippen LogP contribution >= 0.6 is 0 Å². The lowest BCUT2D eigenvalue weighted by atomic mass is 9.72. The van der Waals surface area contributed by atoms with Crippen LogP contribution in [0, 0.1) is 26.2 Å². The molecule has 10 heteroatoms. The zero-order chi connectivity index (χ0) is 36.1. The fourth-order valence-corrected chi connectivity index (χ4v) is 8.71. The molecule has 0 radical (unpaired) electrons. The summed E-state index contributed by atoms with van der Waals surface area (Å²) in [7, 11) is -3.74. The third kappa shape index (κ3) is 7.05. The predicted molar refractivity (Wildman–Crippen MR) is 196 cm³/mol. The van der Waals surface area contributed by atoms with Crippen LogP contribution < -0.4 is 20.5 Å². The maximum atomic E-state index is 14.1. The van der Waals surface area contributed by atoms with Crippen LogP contribution in [0.1, 0.15) is 95.1 Å². The number of nitrogens with one attached hydrogen (secondary N) is 2. The van der Waals surface area contributed by atoms with E-state index >= 15 is 0 Å². The molecule has 258 valence electrons. The normalized spacial score (nSPS) is 14.2. The van der Waals surface area contributed by atoms with E-state index in [1.807, 2.05) is 31.2 Å². The Morgan fingerprint density at radius 1 is 0.857 bits per heavy atom. The molecule has 0 amide bonds. The van der Waals surface area contributed by atoms with Gasteiger partial charge < -0.3 is 20.9 Å². The molecule has 4 aromatic rings. The quantitative estimate of drug-likeness (QED) is 0.0732. The van der Waals surface area contributed by atoms with Crippen molar-refractivity contribution < 1.29 is 28.2 Å². The smallest absolute Gasteiger partial charge is 0.323 e. The number of ether oxygens (including phenoxy) is 1. The Kier molecular flexibility index (Phi) is 9.66. The van der Waals surface area contributed by atoms with Crippen LogP contribution in [0.4, 0.5) is 17.1 Å². The highest BCUT2D eigenvalue weighted by Gasteiger charge is 2.38. The Labute approximate surface area is 289 Å². The summed E-state index contributed by atoms with van der Waals surface area (Å²) in [6.45, 7) is 16.0. The summed E-state index contributed by atoms with van der Waals surface area (Å²) in [5.74, 6) is -0.0979. The van der Waals surface area contributed by atoms with Gasteiger partial charge in [0, 0.05) is 34.0 Å². The van der Waals surface area contributed by atoms with Gasteiger partial charge in [-0.2, -0.15) is 4.55 Å². The maximum Gasteiger partial charge on any atom is 0.323 e. The van der Waals surface area contributed by atoms with Crippen LogP contribution in [0.5, 0.6) is 11.5 Å². The van der Waals surface area contributed by atoms with Crippen molar-refractivity contribution in [3.63, 3.8) is 0 Å². The summed E-state index contributed by atoms with van der Waals surface area (Å²) >= 11 is 0. The Morgan fingerprint density at radius 3 is 2.02 bits per heavy atom. The van der Waals surface area contributed by atoms with Crippen molar-refractivity contribution in [2.75, 3.05) is 24.2 Å². The molecule has 1 aliphatic carbocycles. The molecule has 9 nitrogen and oxygen atoms in total. The van der Waals surface area contributed by atoms with Crippen LogP contribution in [0.3, 0.4) is 0 Å². The van der Waals surface area contributed by atoms with E-state index in [2.05, 4.69) is 44.7 Å². The Balaban J connectivity index is 1.65. The predicted octanol–water partition coefficient (Wildman–Crippen LogP) is 8.05. The molecule has 49 heavy (non-hydrogen) atoms. The van der Waals surface area contributed by atoms with Crippen molar-refractivity contribution in [1.82, 2.24) is 4.72 Å². The van der Waals surface area contributed by atoms with E-state index < -0.39 is 16.2 Å². The number of aryl methyl sites for hydroxylation is 2. The Morgan fingerprint density at radius 2 is 1.45 bits per heavy atom. The molecule has 0 heterocycles. The molecule has 5 rings (SSSR count). The van der Waals surface area contributed by atoms with E-state index in [4.69, 9.17) is 10.5 Å². The molecule has 0 aliphatic heterocycles. The minimum Gasteiger partial charge on any atom is -0.455 e. The van der Waals surface area contributed by atoms with Crippen LogP contribution in [0.15, 0.2) is 65.6 Å². The second kappa shape index (κ2) is 13.2. The van der Waals surface area contributed by atoms with E-state index in [1.54, 1.807) is 50.2 Å². The number of nitrogen functional groups attached to an aromatic ring is 1. The number of carbonyl (C=O) groups excluding carboxylic acids is 2. The molecule has 4 aromatic carbocycles. The molecular formula is C39H46N3O6S+. The lowest BCUT2D eigenvalue weighted by molar-refractivity contribution is 0.0980. The topological polar surface area (TPSA) is 151 Å². The molecule has 6 N–H and O–H groups in total. The molecule has 0 saturated heterocycles. The first-order valence-corrected chi connectivity index (χ1v) is 17.8. The zero-order valence-electron chi connectivity index (χ0n) is 29.4. The van der Waals surface area contributed by atoms with Gasteiger partial charge in [-0.1, -0.05) is 71.0 Å². The largest absolute Gasteiger partial charge is 0.455 e. The van der Waals surface area contributed by atoms with Crippen molar-refractivity contribution in [2.24, 2.45) is 5.41 Å². The second-order valence-electron chi connectivity index (χ2n) is 14.6. The molecule has 0 bridgehead atoms. The number of benzene rings is 4. The highest BCUT2D eigenvalue weighted by molar-refractivity contribution is 7.96. The van der Waals surface area contributed by atoms with E-state index in [1.165, 1.54) is 0 Å². The number of hydrogen-bond donors (Lipinski definition) is 5. The zero-order valence-corrected chi connectivity index (χ0v) is 30.2. The summed E-state index contributed by atoms with van der Waals surface area (Å²) in [6.07, 6.45) is 0.979. The molecule has 0 saturated carbocycles. The number of nitrogens with two attached hydrogens (primary N) is 1. The van der Waals surface area contributed by atoms with Gasteiger partial charge in [0.05, 0.1) is 35.7 Å². The van der Waals surface area contributed by atoms with Gasteiger partial charge in [-0.3, -0.25) is 9.59 Å². The van der Waals surface area contributed by atoms with Crippen LogP contribution in [0.25, 0.3) is 0 Å². The van der Waals surface area contributed by atoms with E-state index in [-0.39, 0.29) is 74.0 Å². The van der Waals surface area contributed by atoms with Gasteiger partial charge >= 0.3 is 10.4 Å². The number of ketones is 2. The Bertz CT molecular complexity index is 2010. The summed E-state index contributed by atoms with van der Waals surface area (Å²) < 4.78 is 33.2. The van der Waals surface area contributed by atoms with Gasteiger partial charge in [0.15, 0.2) is 17.3 Å². The minimum atomic E-state index is -3.74. The lowest BCUT2D eigenvalue weighted by Gasteiger charge is -2.33. The number of aliphatic hydroxyl groups is 1. The first-order chi connectivity index (χ1) is 22.9. The van der Waals surface area contributed by atoms with Crippen LogP contribution in [-0.4, -0.2) is 34.4 Å². The average molecular weight is 685 g/mol. The first kappa shape index (κ1) is 35.9. The molecule has 0 aromatic heterocycles. The summed E-state index contributed by atoms with van der Waals surface area (Å²) in [5.41, 5.74) is 11.1. The minimum absolute atomic E-state index is 0.0323. The number of rotatable bonds is 10. The lowest BCUT2D eigenvalue weighted by Crippen LogP contribution is -2.33.